The highest BCUT2D eigenvalue weighted by molar-refractivity contribution is 9.10. The highest BCUT2D eigenvalue weighted by Crippen LogP contribution is 2.28. The van der Waals surface area contributed by atoms with Crippen LogP contribution in [0.4, 0.5) is 4.39 Å². The van der Waals surface area contributed by atoms with Gasteiger partial charge in [-0.2, -0.15) is 0 Å². The first-order valence-corrected chi connectivity index (χ1v) is 9.47. The molecule has 2 amide bonds. The third-order valence-corrected chi connectivity index (χ3v) is 5.30. The van der Waals surface area contributed by atoms with E-state index >= 15 is 0 Å². The molecule has 0 radical (unpaired) electrons. The van der Waals surface area contributed by atoms with Gasteiger partial charge in [-0.25, -0.2) is 4.39 Å². The van der Waals surface area contributed by atoms with Gasteiger partial charge in [0.1, 0.15) is 23.7 Å². The van der Waals surface area contributed by atoms with Gasteiger partial charge in [0.25, 0.3) is 11.8 Å². The van der Waals surface area contributed by atoms with Crippen LogP contribution in [0.25, 0.3) is 6.08 Å². The Morgan fingerprint density at radius 2 is 1.75 bits per heavy atom. The van der Waals surface area contributed by atoms with E-state index in [1.807, 2.05) is 0 Å². The molecule has 1 fully saturated rings. The molecule has 0 spiro atoms. The molecule has 0 N–H and O–H groups in total. The maximum atomic E-state index is 13.8. The maximum Gasteiger partial charge on any atom is 0.265 e. The zero-order chi connectivity index (χ0) is 20.4. The first kappa shape index (κ1) is 20.2. The second-order valence-corrected chi connectivity index (χ2v) is 7.41. The number of amides is 2. The van der Waals surface area contributed by atoms with E-state index in [4.69, 9.17) is 17.0 Å². The average molecular weight is 463 g/mol. The molecule has 2 aromatic rings. The second kappa shape index (κ2) is 8.20. The predicted molar refractivity (Wildman–Crippen MR) is 111 cm³/mol. The summed E-state index contributed by atoms with van der Waals surface area (Å²) in [5.74, 6) is -0.937. The highest BCUT2D eigenvalue weighted by Gasteiger charge is 2.35. The van der Waals surface area contributed by atoms with Crippen LogP contribution in [-0.4, -0.2) is 40.8 Å². The van der Waals surface area contributed by atoms with Crippen molar-refractivity contribution >= 4 is 51.2 Å². The van der Waals surface area contributed by atoms with Crippen LogP contribution < -0.4 is 4.74 Å². The lowest BCUT2D eigenvalue weighted by Gasteiger charge is -2.31. The Kier molecular flexibility index (Phi) is 5.90. The predicted octanol–water partition coefficient (Wildman–Crippen LogP) is 3.77. The Hall–Kier alpha value is -2.58. The number of halogens is 2. The Bertz CT molecular complexity index is 983. The van der Waals surface area contributed by atoms with Crippen molar-refractivity contribution in [3.63, 3.8) is 0 Å². The van der Waals surface area contributed by atoms with Crippen molar-refractivity contribution in [2.24, 2.45) is 0 Å². The van der Waals surface area contributed by atoms with Crippen LogP contribution in [0.3, 0.4) is 0 Å². The number of likely N-dealkylation sites (N-methyl/N-ethyl adjacent to an activating group) is 2. The average Bonchev–Trinajstić information content (AvgIpc) is 2.68. The minimum absolute atomic E-state index is 0.0102. The van der Waals surface area contributed by atoms with Gasteiger partial charge in [0.05, 0.1) is 0 Å². The lowest BCUT2D eigenvalue weighted by molar-refractivity contribution is -0.132. The summed E-state index contributed by atoms with van der Waals surface area (Å²) in [4.78, 5) is 27.5. The number of thiocarbonyl (C=S) groups is 1. The number of carbonyl (C=O) groups excluding carboxylic acids is 2. The first-order valence-electron chi connectivity index (χ1n) is 8.27. The molecule has 0 bridgehead atoms. The molecule has 0 aliphatic carbocycles. The zero-order valence-corrected chi connectivity index (χ0v) is 17.5. The first-order chi connectivity index (χ1) is 13.3. The maximum absolute atomic E-state index is 13.8. The zero-order valence-electron chi connectivity index (χ0n) is 15.1. The summed E-state index contributed by atoms with van der Waals surface area (Å²) >= 11 is 8.47. The normalized spacial score (nSPS) is 14.6. The van der Waals surface area contributed by atoms with Crippen LogP contribution in [0, 0.1) is 5.82 Å². The van der Waals surface area contributed by atoms with Crippen LogP contribution in [-0.2, 0) is 16.2 Å². The molecule has 0 saturated carbocycles. The number of hydrogen-bond acceptors (Lipinski definition) is 4. The minimum Gasteiger partial charge on any atom is -0.488 e. The minimum atomic E-state index is -0.492. The van der Waals surface area contributed by atoms with Crippen molar-refractivity contribution < 1.29 is 18.7 Å². The number of hydrogen-bond donors (Lipinski definition) is 0. The van der Waals surface area contributed by atoms with Crippen molar-refractivity contribution in [2.75, 3.05) is 14.1 Å². The highest BCUT2D eigenvalue weighted by atomic mass is 79.9. The van der Waals surface area contributed by atoms with Gasteiger partial charge in [0.2, 0.25) is 0 Å². The molecule has 28 heavy (non-hydrogen) atoms. The molecular formula is C20H16BrFN2O3S. The van der Waals surface area contributed by atoms with Crippen molar-refractivity contribution in [1.29, 1.82) is 0 Å². The molecule has 5 nitrogen and oxygen atoms in total. The Morgan fingerprint density at radius 1 is 1.11 bits per heavy atom. The summed E-state index contributed by atoms with van der Waals surface area (Å²) in [7, 11) is 3.02. The smallest absolute Gasteiger partial charge is 0.265 e. The van der Waals surface area contributed by atoms with Gasteiger partial charge in [-0.05, 0) is 42.6 Å². The molecule has 3 rings (SSSR count). The van der Waals surface area contributed by atoms with E-state index in [0.717, 1.165) is 4.47 Å². The molecule has 0 aromatic heterocycles. The van der Waals surface area contributed by atoms with Gasteiger partial charge < -0.3 is 4.74 Å². The monoisotopic (exact) mass is 462 g/mol. The molecule has 1 heterocycles. The fraction of sp³-hybridized carbons (Fsp3) is 0.150. The number of benzene rings is 2. The topological polar surface area (TPSA) is 49.9 Å². The number of carbonyl (C=O) groups is 2. The summed E-state index contributed by atoms with van der Waals surface area (Å²) < 4.78 is 20.3. The SMILES string of the molecule is CN1C(=O)C(=Cc2cc(Br)ccc2OCc2ccccc2F)C(=O)N(C)C1=S. The molecule has 8 heteroatoms. The Balaban J connectivity index is 1.95. The van der Waals surface area contributed by atoms with Gasteiger partial charge >= 0.3 is 0 Å². The summed E-state index contributed by atoms with van der Waals surface area (Å²) in [6.45, 7) is 0.0102. The van der Waals surface area contributed by atoms with E-state index < -0.39 is 11.8 Å². The number of ether oxygens (including phenoxy) is 1. The third-order valence-electron chi connectivity index (χ3n) is 4.26. The third kappa shape index (κ3) is 3.98. The van der Waals surface area contributed by atoms with Crippen molar-refractivity contribution in [3.8, 4) is 5.75 Å². The van der Waals surface area contributed by atoms with Gasteiger partial charge in [-0.1, -0.05) is 34.1 Å². The van der Waals surface area contributed by atoms with Gasteiger partial charge in [-0.3, -0.25) is 19.4 Å². The van der Waals surface area contributed by atoms with E-state index in [1.165, 1.54) is 36.0 Å². The molecule has 0 unspecified atom stereocenters. The van der Waals surface area contributed by atoms with Crippen LogP contribution >= 0.6 is 28.1 Å². The van der Waals surface area contributed by atoms with Gasteiger partial charge in [0, 0.05) is 29.7 Å². The molecule has 0 atom stereocenters. The standard InChI is InChI=1S/C20H16BrFN2O3S/c1-23-18(25)15(19(26)24(2)20(23)28)10-13-9-14(21)7-8-17(13)27-11-12-5-3-4-6-16(12)22/h3-10H,11H2,1-2H3. The molecule has 144 valence electrons. The van der Waals surface area contributed by atoms with Crippen LogP contribution in [0.15, 0.2) is 52.5 Å². The van der Waals surface area contributed by atoms with Crippen LogP contribution in [0.2, 0.25) is 0 Å². The largest absolute Gasteiger partial charge is 0.488 e. The van der Waals surface area contributed by atoms with Crippen molar-refractivity contribution in [1.82, 2.24) is 9.80 Å². The van der Waals surface area contributed by atoms with E-state index in [-0.39, 0.29) is 23.1 Å². The molecule has 2 aromatic carbocycles. The number of rotatable bonds is 4. The van der Waals surface area contributed by atoms with Crippen LogP contribution in [0.5, 0.6) is 5.75 Å². The van der Waals surface area contributed by atoms with E-state index in [2.05, 4.69) is 15.9 Å². The Morgan fingerprint density at radius 3 is 2.39 bits per heavy atom. The molecule has 1 aliphatic heterocycles. The summed E-state index contributed by atoms with van der Waals surface area (Å²) in [5.41, 5.74) is 0.878. The number of nitrogens with zero attached hydrogens (tertiary/aromatic N) is 2. The Labute approximate surface area is 175 Å². The lowest BCUT2D eigenvalue weighted by Crippen LogP contribution is -2.52. The summed E-state index contributed by atoms with van der Waals surface area (Å²) in [6.07, 6.45) is 1.46. The van der Waals surface area contributed by atoms with E-state index in [0.29, 0.717) is 16.9 Å². The molecule has 1 saturated heterocycles. The van der Waals surface area contributed by atoms with Gasteiger partial charge in [0.15, 0.2) is 5.11 Å². The molecular weight excluding hydrogens is 447 g/mol. The fourth-order valence-corrected chi connectivity index (χ4v) is 3.21. The lowest BCUT2D eigenvalue weighted by atomic mass is 10.1. The van der Waals surface area contributed by atoms with E-state index in [1.54, 1.807) is 36.4 Å². The fourth-order valence-electron chi connectivity index (χ4n) is 2.67. The van der Waals surface area contributed by atoms with E-state index in [9.17, 15) is 14.0 Å². The van der Waals surface area contributed by atoms with Crippen LogP contribution in [0.1, 0.15) is 11.1 Å². The summed E-state index contributed by atoms with van der Waals surface area (Å²) in [5, 5.41) is 0.136. The van der Waals surface area contributed by atoms with Crippen molar-refractivity contribution in [2.45, 2.75) is 6.61 Å². The molecule has 1 aliphatic rings. The second-order valence-electron chi connectivity index (χ2n) is 6.13. The van der Waals surface area contributed by atoms with Crippen molar-refractivity contribution in [3.05, 3.63) is 69.5 Å². The van der Waals surface area contributed by atoms with Gasteiger partial charge in [-0.15, -0.1) is 0 Å². The quantitative estimate of drug-likeness (QED) is 0.394. The summed E-state index contributed by atoms with van der Waals surface area (Å²) in [6, 6.07) is 11.5.